The van der Waals surface area contributed by atoms with Crippen LogP contribution in [0.4, 0.5) is 17.1 Å². The Bertz CT molecular complexity index is 3360. The van der Waals surface area contributed by atoms with Crippen LogP contribution in [-0.4, -0.2) is 4.40 Å². The molecule has 61 heavy (non-hydrogen) atoms. The van der Waals surface area contributed by atoms with Gasteiger partial charge in [0.05, 0.1) is 22.0 Å². The van der Waals surface area contributed by atoms with Crippen molar-refractivity contribution in [2.24, 2.45) is 0 Å². The molecule has 2 heteroatoms. The molecular weight excluding hydrogens is 737 g/mol. The number of benzene rings is 9. The molecular formula is C59H40N2. The van der Waals surface area contributed by atoms with E-state index in [4.69, 9.17) is 0 Å². The summed E-state index contributed by atoms with van der Waals surface area (Å²) in [6, 6.07) is 89.0. The van der Waals surface area contributed by atoms with Gasteiger partial charge in [-0.05, 0) is 110 Å². The van der Waals surface area contributed by atoms with Gasteiger partial charge in [-0.2, -0.15) is 0 Å². The number of aromatic nitrogens is 1. The fraction of sp³-hybridized carbons (Fsp3) is 0.0169. The molecule has 0 spiro atoms. The lowest BCUT2D eigenvalue weighted by Crippen LogP contribution is -2.28. The van der Waals surface area contributed by atoms with Crippen molar-refractivity contribution in [3.8, 4) is 33.4 Å². The molecule has 2 nitrogen and oxygen atoms in total. The van der Waals surface area contributed by atoms with Crippen LogP contribution in [0, 0.1) is 0 Å². The average Bonchev–Trinajstić information content (AvgIpc) is 3.84. The molecule has 286 valence electrons. The molecule has 1 aliphatic rings. The van der Waals surface area contributed by atoms with Crippen molar-refractivity contribution in [1.82, 2.24) is 4.40 Å². The molecule has 1 aliphatic carbocycles. The fourth-order valence-electron chi connectivity index (χ4n) is 10.3. The van der Waals surface area contributed by atoms with E-state index in [1.807, 2.05) is 0 Å². The lowest BCUT2D eigenvalue weighted by Gasteiger charge is -2.35. The first-order valence-electron chi connectivity index (χ1n) is 21.1. The normalized spacial score (nSPS) is 12.7. The number of anilines is 3. The molecule has 0 saturated carbocycles. The number of nitrogens with zero attached hydrogens (tertiary/aromatic N) is 2. The number of para-hydroxylation sites is 2. The van der Waals surface area contributed by atoms with Gasteiger partial charge in [0.1, 0.15) is 0 Å². The number of rotatable bonds is 7. The van der Waals surface area contributed by atoms with Crippen molar-refractivity contribution < 1.29 is 0 Å². The predicted octanol–water partition coefficient (Wildman–Crippen LogP) is 15.4. The first-order valence-corrected chi connectivity index (χ1v) is 21.1. The third kappa shape index (κ3) is 5.36. The van der Waals surface area contributed by atoms with Gasteiger partial charge in [0.15, 0.2) is 0 Å². The van der Waals surface area contributed by atoms with E-state index in [0.29, 0.717) is 0 Å². The van der Waals surface area contributed by atoms with E-state index in [9.17, 15) is 0 Å². The van der Waals surface area contributed by atoms with E-state index in [2.05, 4.69) is 252 Å². The molecule has 2 aromatic heterocycles. The van der Waals surface area contributed by atoms with E-state index < -0.39 is 5.41 Å². The smallest absolute Gasteiger partial charge is 0.0714 e. The molecule has 0 N–H and O–H groups in total. The Morgan fingerprint density at radius 1 is 0.328 bits per heavy atom. The van der Waals surface area contributed by atoms with Gasteiger partial charge in [-0.1, -0.05) is 188 Å². The minimum Gasteiger partial charge on any atom is -0.310 e. The van der Waals surface area contributed by atoms with Crippen molar-refractivity contribution in [3.63, 3.8) is 0 Å². The fourth-order valence-corrected chi connectivity index (χ4v) is 10.3. The van der Waals surface area contributed by atoms with Crippen LogP contribution in [0.1, 0.15) is 22.3 Å². The summed E-state index contributed by atoms with van der Waals surface area (Å²) in [7, 11) is 0. The van der Waals surface area contributed by atoms with Crippen molar-refractivity contribution >= 4 is 44.4 Å². The Morgan fingerprint density at radius 3 is 1.66 bits per heavy atom. The molecule has 0 unspecified atom stereocenters. The van der Waals surface area contributed by atoms with Crippen LogP contribution >= 0.6 is 0 Å². The zero-order chi connectivity index (χ0) is 40.3. The summed E-state index contributed by atoms with van der Waals surface area (Å²) in [5, 5.41) is 2.47. The molecule has 9 aromatic carbocycles. The third-order valence-corrected chi connectivity index (χ3v) is 12.8. The molecule has 0 aliphatic heterocycles. The van der Waals surface area contributed by atoms with Crippen LogP contribution in [-0.2, 0) is 5.41 Å². The number of hydrogen-bond donors (Lipinski definition) is 0. The quantitative estimate of drug-likeness (QED) is 0.156. The second-order valence-electron chi connectivity index (χ2n) is 16.0. The summed E-state index contributed by atoms with van der Waals surface area (Å²) in [6.07, 6.45) is 0. The highest BCUT2D eigenvalue weighted by Crippen LogP contribution is 2.57. The Hall–Kier alpha value is -7.94. The maximum atomic E-state index is 2.45. The summed E-state index contributed by atoms with van der Waals surface area (Å²) in [4.78, 5) is 2.43. The predicted molar refractivity (Wildman–Crippen MR) is 255 cm³/mol. The van der Waals surface area contributed by atoms with Crippen molar-refractivity contribution in [1.29, 1.82) is 0 Å². The van der Waals surface area contributed by atoms with Gasteiger partial charge >= 0.3 is 0 Å². The molecule has 0 bridgehead atoms. The number of fused-ring (bicyclic) bond motifs is 8. The van der Waals surface area contributed by atoms with Gasteiger partial charge < -0.3 is 9.30 Å². The minimum atomic E-state index is -0.500. The summed E-state index contributed by atoms with van der Waals surface area (Å²) in [5.41, 5.74) is 18.9. The van der Waals surface area contributed by atoms with E-state index in [1.165, 1.54) is 77.4 Å². The third-order valence-electron chi connectivity index (χ3n) is 12.8. The first-order chi connectivity index (χ1) is 30.3. The zero-order valence-corrected chi connectivity index (χ0v) is 33.5. The number of hydrogen-bond acceptors (Lipinski definition) is 1. The SMILES string of the molecule is c1ccc(-c2c3c(-c4cccc(N(c5ccccc5)c5ccc6c(c5)C(c5ccccc5)(c5ccccc5)c5ccccc5-6)c4)cccc3n3c2ccc2ccccc23)cc1. The van der Waals surface area contributed by atoms with Crippen molar-refractivity contribution in [2.45, 2.75) is 5.41 Å². The molecule has 12 rings (SSSR count). The van der Waals surface area contributed by atoms with Gasteiger partial charge in [0, 0.05) is 28.0 Å². The highest BCUT2D eigenvalue weighted by molar-refractivity contribution is 6.14. The van der Waals surface area contributed by atoms with Crippen LogP contribution in [0.5, 0.6) is 0 Å². The Balaban J connectivity index is 1.09. The molecule has 0 radical (unpaired) electrons. The maximum Gasteiger partial charge on any atom is 0.0714 e. The second kappa shape index (κ2) is 14.1. The van der Waals surface area contributed by atoms with Crippen LogP contribution in [0.15, 0.2) is 243 Å². The second-order valence-corrected chi connectivity index (χ2v) is 16.0. The molecule has 2 heterocycles. The monoisotopic (exact) mass is 776 g/mol. The van der Waals surface area contributed by atoms with E-state index in [-0.39, 0.29) is 0 Å². The number of pyridine rings is 1. The summed E-state index contributed by atoms with van der Waals surface area (Å²) < 4.78 is 2.45. The van der Waals surface area contributed by atoms with E-state index in [0.717, 1.165) is 22.6 Å². The standard InChI is InChI=1S/C59H40N2/c1-5-20-42(21-6-1)57-56-38-35-41-19-13-16-33-54(41)61(56)55-34-18-31-49(58(55)57)43-22-17-29-47(39-43)60(46-27-11-4-12-28-46)48-36-37-51-50-30-14-15-32-52(50)59(53(51)40-48,44-23-7-2-8-24-44)45-25-9-3-10-26-45/h1-40H. The summed E-state index contributed by atoms with van der Waals surface area (Å²) >= 11 is 0. The Kier molecular flexibility index (Phi) is 8.11. The lowest BCUT2D eigenvalue weighted by molar-refractivity contribution is 0.768. The van der Waals surface area contributed by atoms with Gasteiger partial charge in [0.2, 0.25) is 0 Å². The summed E-state index contributed by atoms with van der Waals surface area (Å²) in [6.45, 7) is 0. The maximum absolute atomic E-state index is 2.45. The van der Waals surface area contributed by atoms with Gasteiger partial charge in [-0.25, -0.2) is 0 Å². The average molecular weight is 777 g/mol. The van der Waals surface area contributed by atoms with Crippen LogP contribution in [0.2, 0.25) is 0 Å². The molecule has 0 amide bonds. The minimum absolute atomic E-state index is 0.500. The largest absolute Gasteiger partial charge is 0.310 e. The summed E-state index contributed by atoms with van der Waals surface area (Å²) in [5.74, 6) is 0. The van der Waals surface area contributed by atoms with Crippen LogP contribution < -0.4 is 4.90 Å². The van der Waals surface area contributed by atoms with Crippen molar-refractivity contribution in [2.75, 3.05) is 4.90 Å². The first kappa shape index (κ1) is 35.0. The zero-order valence-electron chi connectivity index (χ0n) is 33.5. The molecule has 0 saturated heterocycles. The van der Waals surface area contributed by atoms with Crippen LogP contribution in [0.3, 0.4) is 0 Å². The van der Waals surface area contributed by atoms with Gasteiger partial charge in [0.25, 0.3) is 0 Å². The lowest BCUT2D eigenvalue weighted by atomic mass is 9.67. The molecule has 0 fully saturated rings. The Morgan fingerprint density at radius 2 is 0.885 bits per heavy atom. The highest BCUT2D eigenvalue weighted by atomic mass is 15.1. The van der Waals surface area contributed by atoms with Gasteiger partial charge in [-0.3, -0.25) is 0 Å². The van der Waals surface area contributed by atoms with Crippen molar-refractivity contribution in [3.05, 3.63) is 265 Å². The van der Waals surface area contributed by atoms with Gasteiger partial charge in [-0.15, -0.1) is 0 Å². The Labute approximate surface area is 355 Å². The molecule has 0 atom stereocenters. The topological polar surface area (TPSA) is 7.65 Å². The highest BCUT2D eigenvalue weighted by Gasteiger charge is 2.46. The van der Waals surface area contributed by atoms with Crippen LogP contribution in [0.25, 0.3) is 60.7 Å². The molecule has 11 aromatic rings. The van der Waals surface area contributed by atoms with E-state index >= 15 is 0 Å². The van der Waals surface area contributed by atoms with E-state index in [1.54, 1.807) is 0 Å².